The molecule has 0 N–H and O–H groups in total. The summed E-state index contributed by atoms with van der Waals surface area (Å²) in [6, 6.07) is 21.2. The topological polar surface area (TPSA) is 49.9 Å². The van der Waals surface area contributed by atoms with E-state index in [9.17, 15) is 9.59 Å². The van der Waals surface area contributed by atoms with Crippen LogP contribution in [0.3, 0.4) is 0 Å². The number of halogens is 1. The highest BCUT2D eigenvalue weighted by Gasteiger charge is 2.23. The van der Waals surface area contributed by atoms with Gasteiger partial charge >= 0.3 is 0 Å². The van der Waals surface area contributed by atoms with Crippen molar-refractivity contribution in [2.75, 3.05) is 26.3 Å². The van der Waals surface area contributed by atoms with Gasteiger partial charge in [0.05, 0.1) is 6.54 Å². The van der Waals surface area contributed by atoms with Crippen LogP contribution < -0.4 is 0 Å². The molecule has 0 saturated heterocycles. The van der Waals surface area contributed by atoms with Crippen molar-refractivity contribution in [1.29, 1.82) is 0 Å². The molecule has 0 aliphatic carbocycles. The number of thiophene rings is 1. The van der Waals surface area contributed by atoms with Gasteiger partial charge < -0.3 is 14.5 Å². The van der Waals surface area contributed by atoms with Gasteiger partial charge in [-0.25, -0.2) is 0 Å². The molecule has 0 unspecified atom stereocenters. The number of hydrogen-bond donors (Lipinski definition) is 0. The summed E-state index contributed by atoms with van der Waals surface area (Å²) < 4.78 is 6.35. The quantitative estimate of drug-likeness (QED) is 0.287. The van der Waals surface area contributed by atoms with E-state index < -0.39 is 0 Å². The Bertz CT molecular complexity index is 994. The van der Waals surface area contributed by atoms with Gasteiger partial charge in [0, 0.05) is 41.2 Å². The lowest BCUT2D eigenvalue weighted by Crippen LogP contribution is -2.43. The second-order valence-corrected chi connectivity index (χ2v) is 9.55. The van der Waals surface area contributed by atoms with Crippen molar-refractivity contribution in [2.24, 2.45) is 0 Å². The Kier molecular flexibility index (Phi) is 10.1. The molecule has 0 radical (unpaired) electrons. The van der Waals surface area contributed by atoms with Gasteiger partial charge in [-0.3, -0.25) is 9.59 Å². The summed E-state index contributed by atoms with van der Waals surface area (Å²) in [7, 11) is 0. The third-order valence-corrected chi connectivity index (χ3v) is 6.51. The van der Waals surface area contributed by atoms with Crippen LogP contribution in [0.15, 0.2) is 76.6 Å². The maximum absolute atomic E-state index is 13.5. The van der Waals surface area contributed by atoms with E-state index in [1.807, 2.05) is 71.8 Å². The monoisotopic (exact) mass is 528 g/mol. The van der Waals surface area contributed by atoms with E-state index in [0.29, 0.717) is 44.8 Å². The number of amides is 2. The maximum atomic E-state index is 13.5. The summed E-state index contributed by atoms with van der Waals surface area (Å²) in [4.78, 5) is 31.3. The molecule has 2 aromatic carbocycles. The van der Waals surface area contributed by atoms with Crippen molar-refractivity contribution in [3.63, 3.8) is 0 Å². The van der Waals surface area contributed by atoms with Crippen LogP contribution in [0.25, 0.3) is 0 Å². The first kappa shape index (κ1) is 25.1. The van der Waals surface area contributed by atoms with Crippen molar-refractivity contribution in [3.8, 4) is 0 Å². The molecule has 0 aliphatic rings. The number of carbonyl (C=O) groups is 2. The third kappa shape index (κ3) is 8.11. The smallest absolute Gasteiger partial charge is 0.254 e. The Hall–Kier alpha value is -2.48. The second kappa shape index (κ2) is 13.3. The molecule has 3 aromatic rings. The summed E-state index contributed by atoms with van der Waals surface area (Å²) in [5, 5.41) is 2.01. The fourth-order valence-corrected chi connectivity index (χ4v) is 4.40. The first-order valence-electron chi connectivity index (χ1n) is 11.0. The third-order valence-electron chi connectivity index (χ3n) is 5.12. The van der Waals surface area contributed by atoms with Crippen molar-refractivity contribution >= 4 is 39.1 Å². The predicted octanol–water partition coefficient (Wildman–Crippen LogP) is 5.61. The molecule has 0 bridgehead atoms. The number of hydrogen-bond acceptors (Lipinski definition) is 4. The highest BCUT2D eigenvalue weighted by Crippen LogP contribution is 2.17. The Morgan fingerprint density at radius 2 is 1.70 bits per heavy atom. The van der Waals surface area contributed by atoms with Crippen LogP contribution in [0.4, 0.5) is 0 Å². The minimum Gasteiger partial charge on any atom is -0.382 e. The average molecular weight is 530 g/mol. The number of nitrogens with zero attached hydrogens (tertiary/aromatic N) is 2. The molecule has 7 heteroatoms. The zero-order chi connectivity index (χ0) is 23.5. The van der Waals surface area contributed by atoms with E-state index in [1.54, 1.807) is 28.4 Å². The van der Waals surface area contributed by atoms with Gasteiger partial charge in [-0.1, -0.05) is 52.3 Å². The van der Waals surface area contributed by atoms with Gasteiger partial charge in [-0.15, -0.1) is 11.3 Å². The predicted molar refractivity (Wildman–Crippen MR) is 136 cm³/mol. The molecule has 0 fully saturated rings. The minimum absolute atomic E-state index is 0.0270. The molecule has 0 aliphatic heterocycles. The summed E-state index contributed by atoms with van der Waals surface area (Å²) in [6.07, 6.45) is 0.674. The van der Waals surface area contributed by atoms with Crippen LogP contribution in [0.5, 0.6) is 0 Å². The zero-order valence-electron chi connectivity index (χ0n) is 18.8. The number of ether oxygens (including phenoxy) is 1. The van der Waals surface area contributed by atoms with Crippen LogP contribution in [-0.2, 0) is 22.6 Å². The molecule has 1 heterocycles. The summed E-state index contributed by atoms with van der Waals surface area (Å²) in [6.45, 7) is 4.63. The maximum Gasteiger partial charge on any atom is 0.254 e. The number of rotatable bonds is 12. The first-order valence-corrected chi connectivity index (χ1v) is 12.7. The molecule has 33 heavy (non-hydrogen) atoms. The zero-order valence-corrected chi connectivity index (χ0v) is 21.2. The molecule has 2 amide bonds. The van der Waals surface area contributed by atoms with Gasteiger partial charge in [-0.2, -0.15) is 0 Å². The molecule has 1 aromatic heterocycles. The fourth-order valence-electron chi connectivity index (χ4n) is 3.42. The Morgan fingerprint density at radius 3 is 2.36 bits per heavy atom. The van der Waals surface area contributed by atoms with Crippen LogP contribution in [-0.4, -0.2) is 47.9 Å². The van der Waals surface area contributed by atoms with E-state index in [2.05, 4.69) is 15.9 Å². The van der Waals surface area contributed by atoms with E-state index >= 15 is 0 Å². The van der Waals surface area contributed by atoms with E-state index in [-0.39, 0.29) is 18.4 Å². The average Bonchev–Trinajstić information content (AvgIpc) is 3.34. The fraction of sp³-hybridized carbons (Fsp3) is 0.308. The molecular formula is C26H29BrN2O3S. The van der Waals surface area contributed by atoms with Gasteiger partial charge in [0.2, 0.25) is 5.91 Å². The number of carbonyl (C=O) groups excluding carboxylic acids is 2. The van der Waals surface area contributed by atoms with Crippen molar-refractivity contribution in [3.05, 3.63) is 92.6 Å². The normalized spacial score (nSPS) is 10.7. The van der Waals surface area contributed by atoms with E-state index in [0.717, 1.165) is 14.9 Å². The minimum atomic E-state index is -0.150. The number of benzene rings is 2. The highest BCUT2D eigenvalue weighted by atomic mass is 79.9. The molecular weight excluding hydrogens is 500 g/mol. The van der Waals surface area contributed by atoms with Crippen LogP contribution in [0.1, 0.15) is 34.1 Å². The molecule has 0 saturated carbocycles. The standard InChI is InChI=1S/C26H29BrN2O3S/c1-2-32-16-7-15-28(26(31)22-11-13-23(27)14-12-22)20-25(30)29(19-24-10-6-17-33-24)18-21-8-4-3-5-9-21/h3-6,8-14,17H,2,7,15-16,18-20H2,1H3. The lowest BCUT2D eigenvalue weighted by Gasteiger charge is -2.28. The molecule has 5 nitrogen and oxygen atoms in total. The summed E-state index contributed by atoms with van der Waals surface area (Å²) >= 11 is 5.04. The van der Waals surface area contributed by atoms with Crippen molar-refractivity contribution in [1.82, 2.24) is 9.80 Å². The lowest BCUT2D eigenvalue weighted by atomic mass is 10.2. The van der Waals surface area contributed by atoms with Crippen LogP contribution >= 0.6 is 27.3 Å². The van der Waals surface area contributed by atoms with Gasteiger partial charge in [-0.05, 0) is 54.6 Å². The molecule has 3 rings (SSSR count). The highest BCUT2D eigenvalue weighted by molar-refractivity contribution is 9.10. The van der Waals surface area contributed by atoms with E-state index in [4.69, 9.17) is 4.74 Å². The molecule has 0 atom stereocenters. The first-order chi connectivity index (χ1) is 16.1. The van der Waals surface area contributed by atoms with Crippen molar-refractivity contribution < 1.29 is 14.3 Å². The van der Waals surface area contributed by atoms with E-state index in [1.165, 1.54) is 0 Å². The van der Waals surface area contributed by atoms with Gasteiger partial charge in [0.25, 0.3) is 5.91 Å². The van der Waals surface area contributed by atoms with Gasteiger partial charge in [0.1, 0.15) is 6.54 Å². The Labute approximate surface area is 208 Å². The van der Waals surface area contributed by atoms with Crippen LogP contribution in [0.2, 0.25) is 0 Å². The summed E-state index contributed by atoms with van der Waals surface area (Å²) in [5.41, 5.74) is 1.62. The Balaban J connectivity index is 1.76. The second-order valence-electron chi connectivity index (χ2n) is 7.60. The SMILES string of the molecule is CCOCCCN(CC(=O)N(Cc1ccccc1)Cc1cccs1)C(=O)c1ccc(Br)cc1. The largest absolute Gasteiger partial charge is 0.382 e. The summed E-state index contributed by atoms with van der Waals surface area (Å²) in [5.74, 6) is -0.225. The molecule has 0 spiro atoms. The lowest BCUT2D eigenvalue weighted by molar-refractivity contribution is -0.133. The van der Waals surface area contributed by atoms with Crippen molar-refractivity contribution in [2.45, 2.75) is 26.4 Å². The molecule has 174 valence electrons. The Morgan fingerprint density at radius 1 is 0.939 bits per heavy atom. The van der Waals surface area contributed by atoms with Crippen LogP contribution in [0, 0.1) is 0 Å². The van der Waals surface area contributed by atoms with Gasteiger partial charge in [0.15, 0.2) is 0 Å².